The first-order chi connectivity index (χ1) is 12.9. The van der Waals surface area contributed by atoms with Gasteiger partial charge in [-0.05, 0) is 24.6 Å². The lowest BCUT2D eigenvalue weighted by Crippen LogP contribution is -2.47. The van der Waals surface area contributed by atoms with Crippen molar-refractivity contribution in [3.8, 4) is 0 Å². The molecule has 1 unspecified atom stereocenters. The van der Waals surface area contributed by atoms with Crippen molar-refractivity contribution in [1.82, 2.24) is 14.7 Å². The van der Waals surface area contributed by atoms with Crippen LogP contribution in [0, 0.1) is 11.6 Å². The van der Waals surface area contributed by atoms with Gasteiger partial charge in [-0.1, -0.05) is 0 Å². The van der Waals surface area contributed by atoms with Crippen LogP contribution in [0.2, 0.25) is 0 Å². The molecule has 0 amide bonds. The van der Waals surface area contributed by atoms with E-state index >= 15 is 0 Å². The quantitative estimate of drug-likeness (QED) is 0.836. The fourth-order valence-electron chi connectivity index (χ4n) is 3.86. The predicted octanol–water partition coefficient (Wildman–Crippen LogP) is 1.42. The van der Waals surface area contributed by atoms with Gasteiger partial charge in [0, 0.05) is 42.5 Å². The fraction of sp³-hybridized carbons (Fsp3) is 0.444. The molecule has 4 rings (SSSR count). The molecule has 0 saturated carbocycles. The van der Waals surface area contributed by atoms with Gasteiger partial charge < -0.3 is 15.6 Å². The number of fused-ring (bicyclic) bond motifs is 1. The van der Waals surface area contributed by atoms with E-state index in [0.717, 1.165) is 29.5 Å². The maximum atomic E-state index is 14.0. The number of benzene rings is 1. The van der Waals surface area contributed by atoms with Crippen molar-refractivity contribution in [1.29, 1.82) is 0 Å². The number of ether oxygens (including phenoxy) is 1. The minimum absolute atomic E-state index is 0.0370. The predicted molar refractivity (Wildman–Crippen MR) is 90.5 cm³/mol. The van der Waals surface area contributed by atoms with Gasteiger partial charge in [0.2, 0.25) is 0 Å². The summed E-state index contributed by atoms with van der Waals surface area (Å²) in [4.78, 5) is 13.0. The largest absolute Gasteiger partial charge is 0.480 e. The number of nitrogens with two attached hydrogens (primary N) is 1. The van der Waals surface area contributed by atoms with E-state index in [-0.39, 0.29) is 18.2 Å². The first-order valence-corrected chi connectivity index (χ1v) is 8.74. The van der Waals surface area contributed by atoms with E-state index in [9.17, 15) is 13.6 Å². The first kappa shape index (κ1) is 18.0. The van der Waals surface area contributed by atoms with Gasteiger partial charge in [0.05, 0.1) is 12.3 Å². The zero-order chi connectivity index (χ0) is 19.1. The summed E-state index contributed by atoms with van der Waals surface area (Å²) in [7, 11) is 0. The lowest BCUT2D eigenvalue weighted by molar-refractivity contribution is -0.137. The summed E-state index contributed by atoms with van der Waals surface area (Å²) in [5.41, 5.74) is 8.21. The number of carbonyl (C=O) groups is 1. The summed E-state index contributed by atoms with van der Waals surface area (Å²) in [5.74, 6) is -1.98. The summed E-state index contributed by atoms with van der Waals surface area (Å²) in [6.45, 7) is 1.41. The molecule has 3 N–H and O–H groups in total. The van der Waals surface area contributed by atoms with Crippen LogP contribution in [0.4, 0.5) is 8.78 Å². The molecule has 0 aliphatic carbocycles. The van der Waals surface area contributed by atoms with Crippen LogP contribution in [-0.4, -0.2) is 44.4 Å². The number of aromatic nitrogens is 2. The third kappa shape index (κ3) is 3.58. The Morgan fingerprint density at radius 3 is 2.89 bits per heavy atom. The maximum absolute atomic E-state index is 14.0. The summed E-state index contributed by atoms with van der Waals surface area (Å²) in [6, 6.07) is 2.87. The summed E-state index contributed by atoms with van der Waals surface area (Å²) in [6.07, 6.45) is 1.65. The highest BCUT2D eigenvalue weighted by molar-refractivity contribution is 5.66. The molecule has 7 nitrogen and oxygen atoms in total. The Kier molecular flexibility index (Phi) is 4.67. The van der Waals surface area contributed by atoms with Crippen LogP contribution in [0.15, 0.2) is 24.4 Å². The molecule has 9 heteroatoms. The molecule has 2 aliphatic heterocycles. The van der Waals surface area contributed by atoms with Crippen molar-refractivity contribution in [2.75, 3.05) is 6.61 Å². The smallest absolute Gasteiger partial charge is 0.325 e. The van der Waals surface area contributed by atoms with Crippen molar-refractivity contribution in [3.63, 3.8) is 0 Å². The fourth-order valence-corrected chi connectivity index (χ4v) is 3.86. The molecule has 0 radical (unpaired) electrons. The Balaban J connectivity index is 1.41. The van der Waals surface area contributed by atoms with Crippen LogP contribution in [-0.2, 0) is 29.2 Å². The zero-order valence-electron chi connectivity index (χ0n) is 14.5. The molecule has 2 aliphatic rings. The number of halogens is 2. The molecule has 3 heterocycles. The van der Waals surface area contributed by atoms with Crippen molar-refractivity contribution in [2.24, 2.45) is 5.73 Å². The molecule has 0 spiro atoms. The molecule has 144 valence electrons. The Morgan fingerprint density at radius 2 is 2.19 bits per heavy atom. The minimum Gasteiger partial charge on any atom is -0.480 e. The average molecular weight is 378 g/mol. The molecule has 1 fully saturated rings. The number of hydrogen-bond acceptors (Lipinski definition) is 5. The van der Waals surface area contributed by atoms with Crippen LogP contribution in [0.1, 0.15) is 29.3 Å². The number of carboxylic acid groups (broad SMARTS) is 1. The molecule has 1 aromatic carbocycles. The van der Waals surface area contributed by atoms with Crippen LogP contribution in [0.25, 0.3) is 0 Å². The van der Waals surface area contributed by atoms with E-state index in [4.69, 9.17) is 15.6 Å². The third-order valence-electron chi connectivity index (χ3n) is 5.13. The molecule has 1 saturated heterocycles. The Hall–Kier alpha value is -2.36. The standard InChI is InChI=1S/C18H20F2N4O3/c19-11-1-2-14(20)13(3-11)18-15(21)4-12(9-27-18)23-5-10-6-24(8-17(25)26)22-16(10)7-23/h1-3,6,12,15,18H,4-5,7-9,21H2,(H,25,26)/t12-,15+,18?/m1/s1. The van der Waals surface area contributed by atoms with E-state index in [1.54, 1.807) is 6.20 Å². The van der Waals surface area contributed by atoms with E-state index in [2.05, 4.69) is 10.00 Å². The summed E-state index contributed by atoms with van der Waals surface area (Å²) < 4.78 is 34.7. The van der Waals surface area contributed by atoms with Gasteiger partial charge in [0.1, 0.15) is 24.3 Å². The van der Waals surface area contributed by atoms with Gasteiger partial charge in [-0.2, -0.15) is 5.10 Å². The molecule has 27 heavy (non-hydrogen) atoms. The average Bonchev–Trinajstić information content (AvgIpc) is 3.15. The van der Waals surface area contributed by atoms with E-state index in [1.165, 1.54) is 4.68 Å². The SMILES string of the molecule is N[C@H]1C[C@@H](N2Cc3cn(CC(=O)O)nc3C2)COC1c1cc(F)ccc1F. The maximum Gasteiger partial charge on any atom is 0.325 e. The van der Waals surface area contributed by atoms with Crippen LogP contribution in [0.3, 0.4) is 0 Å². The number of rotatable bonds is 4. The van der Waals surface area contributed by atoms with Crippen molar-refractivity contribution in [2.45, 2.75) is 44.2 Å². The van der Waals surface area contributed by atoms with Gasteiger partial charge in [-0.15, -0.1) is 0 Å². The Bertz CT molecular complexity index is 849. The topological polar surface area (TPSA) is 93.6 Å². The van der Waals surface area contributed by atoms with Gasteiger partial charge in [0.15, 0.2) is 0 Å². The van der Waals surface area contributed by atoms with Gasteiger partial charge >= 0.3 is 5.97 Å². The number of carboxylic acids is 1. The summed E-state index contributed by atoms with van der Waals surface area (Å²) >= 11 is 0. The van der Waals surface area contributed by atoms with Crippen LogP contribution in [0.5, 0.6) is 0 Å². The van der Waals surface area contributed by atoms with Gasteiger partial charge in [0.25, 0.3) is 0 Å². The molecule has 0 bridgehead atoms. The number of aliphatic carboxylic acids is 1. The van der Waals surface area contributed by atoms with Crippen molar-refractivity contribution < 1.29 is 23.4 Å². The second-order valence-electron chi connectivity index (χ2n) is 7.07. The second kappa shape index (κ2) is 6.99. The van der Waals surface area contributed by atoms with Crippen molar-refractivity contribution in [3.05, 3.63) is 52.9 Å². The molecular weight excluding hydrogens is 358 g/mol. The monoisotopic (exact) mass is 378 g/mol. The highest BCUT2D eigenvalue weighted by Crippen LogP contribution is 2.33. The Labute approximate surface area is 154 Å². The number of nitrogens with zero attached hydrogens (tertiary/aromatic N) is 3. The highest BCUT2D eigenvalue weighted by atomic mass is 19.1. The normalized spacial score (nSPS) is 25.5. The lowest BCUT2D eigenvalue weighted by atomic mass is 9.93. The van der Waals surface area contributed by atoms with Gasteiger partial charge in [-0.3, -0.25) is 14.4 Å². The van der Waals surface area contributed by atoms with E-state index in [1.807, 2.05) is 0 Å². The molecule has 1 aromatic heterocycles. The summed E-state index contributed by atoms with van der Waals surface area (Å²) in [5, 5.41) is 13.2. The highest BCUT2D eigenvalue weighted by Gasteiger charge is 2.37. The van der Waals surface area contributed by atoms with Crippen molar-refractivity contribution >= 4 is 5.97 Å². The lowest BCUT2D eigenvalue weighted by Gasteiger charge is -2.38. The molecule has 2 aromatic rings. The second-order valence-corrected chi connectivity index (χ2v) is 7.07. The molecule has 3 atom stereocenters. The molecular formula is C18H20F2N4O3. The van der Waals surface area contributed by atoms with Crippen LogP contribution < -0.4 is 5.73 Å². The van der Waals surface area contributed by atoms with Crippen LogP contribution >= 0.6 is 0 Å². The Morgan fingerprint density at radius 1 is 1.37 bits per heavy atom. The zero-order valence-corrected chi connectivity index (χ0v) is 14.5. The van der Waals surface area contributed by atoms with E-state index < -0.39 is 29.7 Å². The third-order valence-corrected chi connectivity index (χ3v) is 5.13. The van der Waals surface area contributed by atoms with Gasteiger partial charge in [-0.25, -0.2) is 8.78 Å². The number of hydrogen-bond donors (Lipinski definition) is 2. The first-order valence-electron chi connectivity index (χ1n) is 8.74. The van der Waals surface area contributed by atoms with E-state index in [0.29, 0.717) is 26.1 Å². The minimum atomic E-state index is -0.935.